The summed E-state index contributed by atoms with van der Waals surface area (Å²) < 4.78 is 43.8. The van der Waals surface area contributed by atoms with Crippen molar-refractivity contribution >= 4 is 5.82 Å². The number of hydrogen-bond acceptors (Lipinski definition) is 5. The van der Waals surface area contributed by atoms with Crippen molar-refractivity contribution in [1.82, 2.24) is 15.1 Å². The maximum absolute atomic E-state index is 12.8. The highest BCUT2D eigenvalue weighted by Gasteiger charge is 2.31. The van der Waals surface area contributed by atoms with Gasteiger partial charge in [0.15, 0.2) is 0 Å². The van der Waals surface area contributed by atoms with Gasteiger partial charge < -0.3 is 9.42 Å². The van der Waals surface area contributed by atoms with Crippen LogP contribution in [0.3, 0.4) is 0 Å². The largest absolute Gasteiger partial charge is 0.416 e. The lowest BCUT2D eigenvalue weighted by atomic mass is 10.0. The summed E-state index contributed by atoms with van der Waals surface area (Å²) in [4.78, 5) is 10.7. The zero-order chi connectivity index (χ0) is 19.0. The lowest BCUT2D eigenvalue weighted by Crippen LogP contribution is -2.30. The predicted molar refractivity (Wildman–Crippen MR) is 93.1 cm³/mol. The average Bonchev–Trinajstić information content (AvgIpc) is 3.10. The summed E-state index contributed by atoms with van der Waals surface area (Å²) in [5.74, 6) is 1.60. The summed E-state index contributed by atoms with van der Waals surface area (Å²) in [6, 6.07) is 6.94. The van der Waals surface area contributed by atoms with Crippen LogP contribution in [0.5, 0.6) is 0 Å². The molecule has 0 radical (unpaired) electrons. The van der Waals surface area contributed by atoms with Crippen LogP contribution in [-0.2, 0) is 25.6 Å². The monoisotopic (exact) mass is 374 g/mol. The Labute approximate surface area is 153 Å². The molecule has 2 aromatic heterocycles. The minimum atomic E-state index is -4.36. The van der Waals surface area contributed by atoms with E-state index in [1.807, 2.05) is 13.0 Å². The highest BCUT2D eigenvalue weighted by molar-refractivity contribution is 5.65. The van der Waals surface area contributed by atoms with Crippen LogP contribution in [0.1, 0.15) is 29.5 Å². The molecule has 140 valence electrons. The first kappa shape index (κ1) is 17.5. The fraction of sp³-hybridized carbons (Fsp3) is 0.316. The Kier molecular flexibility index (Phi) is 4.33. The normalized spacial score (nSPS) is 14.3. The minimum absolute atomic E-state index is 0.537. The van der Waals surface area contributed by atoms with Crippen molar-refractivity contribution in [2.45, 2.75) is 32.5 Å². The highest BCUT2D eigenvalue weighted by Crippen LogP contribution is 2.34. The van der Waals surface area contributed by atoms with Crippen LogP contribution < -0.4 is 4.90 Å². The zero-order valence-corrected chi connectivity index (χ0v) is 14.6. The molecular formula is C19H17F3N4O. The van der Waals surface area contributed by atoms with Crippen LogP contribution >= 0.6 is 0 Å². The third-order valence-corrected chi connectivity index (χ3v) is 4.71. The van der Waals surface area contributed by atoms with Gasteiger partial charge in [0.05, 0.1) is 12.1 Å². The van der Waals surface area contributed by atoms with E-state index in [0.717, 1.165) is 47.9 Å². The summed E-state index contributed by atoms with van der Waals surface area (Å²) in [5.41, 5.74) is 2.34. The maximum Gasteiger partial charge on any atom is 0.416 e. The summed E-state index contributed by atoms with van der Waals surface area (Å²) in [6.07, 6.45) is -1.33. The number of nitrogens with zero attached hydrogens (tertiary/aromatic N) is 4. The van der Waals surface area contributed by atoms with Gasteiger partial charge in [0.1, 0.15) is 23.6 Å². The van der Waals surface area contributed by atoms with E-state index in [9.17, 15) is 13.2 Å². The van der Waals surface area contributed by atoms with Gasteiger partial charge >= 0.3 is 6.18 Å². The molecule has 0 saturated heterocycles. The van der Waals surface area contributed by atoms with Crippen molar-refractivity contribution in [3.05, 3.63) is 59.2 Å². The zero-order valence-electron chi connectivity index (χ0n) is 14.6. The number of alkyl halides is 3. The first-order valence-electron chi connectivity index (χ1n) is 8.66. The van der Waals surface area contributed by atoms with Crippen molar-refractivity contribution in [1.29, 1.82) is 0 Å². The molecule has 1 aromatic carbocycles. The van der Waals surface area contributed by atoms with Gasteiger partial charge in [0.2, 0.25) is 0 Å². The van der Waals surface area contributed by atoms with E-state index in [1.54, 1.807) is 6.33 Å². The van der Waals surface area contributed by atoms with Crippen molar-refractivity contribution in [2.75, 3.05) is 11.4 Å². The standard InChI is InChI=1S/C19H17F3N4O/c1-2-14-9-17(24-11-23-14)26-8-7-16-15(10-26)18(25-27-16)12-3-5-13(6-4-12)19(20,21)22/h3-6,9,11H,2,7-8,10H2,1H3. The van der Waals surface area contributed by atoms with Crippen LogP contribution in [0, 0.1) is 0 Å². The Morgan fingerprint density at radius 1 is 1.15 bits per heavy atom. The van der Waals surface area contributed by atoms with Crippen LogP contribution in [-0.4, -0.2) is 21.7 Å². The maximum atomic E-state index is 12.8. The van der Waals surface area contributed by atoms with Crippen LogP contribution in [0.4, 0.5) is 19.0 Å². The van der Waals surface area contributed by atoms with E-state index in [1.165, 1.54) is 12.1 Å². The summed E-state index contributed by atoms with van der Waals surface area (Å²) in [7, 11) is 0. The minimum Gasteiger partial charge on any atom is -0.360 e. The molecular weight excluding hydrogens is 357 g/mol. The molecule has 1 aliphatic heterocycles. The highest BCUT2D eigenvalue weighted by atomic mass is 19.4. The SMILES string of the molecule is CCc1cc(N2CCc3onc(-c4ccc(C(F)(F)F)cc4)c3C2)ncn1. The number of rotatable bonds is 3. The molecule has 0 bridgehead atoms. The van der Waals surface area contributed by atoms with Crippen LogP contribution in [0.15, 0.2) is 41.2 Å². The van der Waals surface area contributed by atoms with Gasteiger partial charge in [-0.15, -0.1) is 0 Å². The van der Waals surface area contributed by atoms with E-state index >= 15 is 0 Å². The van der Waals surface area contributed by atoms with Crippen LogP contribution in [0.2, 0.25) is 0 Å². The van der Waals surface area contributed by atoms with Crippen molar-refractivity contribution in [3.8, 4) is 11.3 Å². The van der Waals surface area contributed by atoms with E-state index < -0.39 is 11.7 Å². The Morgan fingerprint density at radius 2 is 1.93 bits per heavy atom. The summed E-state index contributed by atoms with van der Waals surface area (Å²) >= 11 is 0. The van der Waals surface area contributed by atoms with Gasteiger partial charge in [0, 0.05) is 35.9 Å². The van der Waals surface area contributed by atoms with E-state index in [4.69, 9.17) is 4.52 Å². The summed E-state index contributed by atoms with van der Waals surface area (Å²) in [6.45, 7) is 3.30. The molecule has 0 spiro atoms. The number of halogens is 3. The first-order valence-corrected chi connectivity index (χ1v) is 8.66. The molecule has 0 atom stereocenters. The quantitative estimate of drug-likeness (QED) is 0.685. The number of benzene rings is 1. The second-order valence-corrected chi connectivity index (χ2v) is 6.40. The molecule has 0 unspecified atom stereocenters. The average molecular weight is 374 g/mol. The van der Waals surface area contributed by atoms with Gasteiger partial charge in [-0.2, -0.15) is 13.2 Å². The summed E-state index contributed by atoms with van der Waals surface area (Å²) in [5, 5.41) is 4.11. The fourth-order valence-electron chi connectivity index (χ4n) is 3.20. The molecule has 0 amide bonds. The van der Waals surface area contributed by atoms with E-state index in [0.29, 0.717) is 24.2 Å². The first-order chi connectivity index (χ1) is 13.0. The molecule has 0 N–H and O–H groups in total. The number of fused-ring (bicyclic) bond motifs is 1. The number of hydrogen-bond donors (Lipinski definition) is 0. The molecule has 1 aliphatic rings. The molecule has 0 fully saturated rings. The molecule has 0 saturated carbocycles. The number of anilines is 1. The molecule has 4 rings (SSSR count). The van der Waals surface area contributed by atoms with Gasteiger partial charge in [-0.3, -0.25) is 0 Å². The lowest BCUT2D eigenvalue weighted by Gasteiger charge is -2.27. The van der Waals surface area contributed by atoms with Gasteiger partial charge in [-0.05, 0) is 18.6 Å². The lowest BCUT2D eigenvalue weighted by molar-refractivity contribution is -0.137. The number of aromatic nitrogens is 3. The van der Waals surface area contributed by atoms with E-state index in [-0.39, 0.29) is 0 Å². The molecule has 3 heterocycles. The van der Waals surface area contributed by atoms with Crippen molar-refractivity contribution in [2.24, 2.45) is 0 Å². The van der Waals surface area contributed by atoms with Gasteiger partial charge in [0.25, 0.3) is 0 Å². The molecule has 5 nitrogen and oxygen atoms in total. The molecule has 8 heteroatoms. The Hall–Kier alpha value is -2.90. The van der Waals surface area contributed by atoms with Crippen molar-refractivity contribution in [3.63, 3.8) is 0 Å². The molecule has 3 aromatic rings. The Bertz CT molecular complexity index is 950. The van der Waals surface area contributed by atoms with Crippen LogP contribution in [0.25, 0.3) is 11.3 Å². The van der Waals surface area contributed by atoms with Gasteiger partial charge in [-0.1, -0.05) is 24.2 Å². The van der Waals surface area contributed by atoms with E-state index in [2.05, 4.69) is 20.0 Å². The third-order valence-electron chi connectivity index (χ3n) is 4.71. The molecule has 27 heavy (non-hydrogen) atoms. The fourth-order valence-corrected chi connectivity index (χ4v) is 3.20. The predicted octanol–water partition coefficient (Wildman–Crippen LogP) is 4.28. The Morgan fingerprint density at radius 3 is 2.63 bits per heavy atom. The second-order valence-electron chi connectivity index (χ2n) is 6.40. The second kappa shape index (κ2) is 6.68. The Balaban J connectivity index is 1.63. The number of aryl methyl sites for hydroxylation is 1. The molecule has 0 aliphatic carbocycles. The van der Waals surface area contributed by atoms with Gasteiger partial charge in [-0.25, -0.2) is 9.97 Å². The van der Waals surface area contributed by atoms with Crippen molar-refractivity contribution < 1.29 is 17.7 Å². The third kappa shape index (κ3) is 3.39. The topological polar surface area (TPSA) is 55.1 Å². The smallest absolute Gasteiger partial charge is 0.360 e.